The summed E-state index contributed by atoms with van der Waals surface area (Å²) in [7, 11) is 0. The second-order valence-corrected chi connectivity index (χ2v) is 5.90. The van der Waals surface area contributed by atoms with Crippen molar-refractivity contribution in [2.24, 2.45) is 0 Å². The fourth-order valence-electron chi connectivity index (χ4n) is 2.72. The number of hydrogen-bond acceptors (Lipinski definition) is 3. The summed E-state index contributed by atoms with van der Waals surface area (Å²) in [5, 5.41) is 2.86. The van der Waals surface area contributed by atoms with Gasteiger partial charge in [0.1, 0.15) is 0 Å². The van der Waals surface area contributed by atoms with Gasteiger partial charge in [0.2, 0.25) is 0 Å². The van der Waals surface area contributed by atoms with Gasteiger partial charge >= 0.3 is 0 Å². The molecule has 1 unspecified atom stereocenters. The number of para-hydroxylation sites is 1. The average Bonchev–Trinajstić information content (AvgIpc) is 2.96. The molecule has 0 saturated heterocycles. The highest BCUT2D eigenvalue weighted by Gasteiger charge is 2.20. The van der Waals surface area contributed by atoms with E-state index in [4.69, 9.17) is 0 Å². The number of rotatable bonds is 2. The van der Waals surface area contributed by atoms with Gasteiger partial charge < -0.3 is 0 Å². The lowest BCUT2D eigenvalue weighted by Gasteiger charge is -2.12. The first-order chi connectivity index (χ1) is 11.6. The van der Waals surface area contributed by atoms with Gasteiger partial charge in [0.05, 0.1) is 16.5 Å². The van der Waals surface area contributed by atoms with Crippen LogP contribution in [0.4, 0.5) is 8.78 Å². The molecule has 1 atom stereocenters. The second kappa shape index (κ2) is 5.45. The Morgan fingerprint density at radius 3 is 2.75 bits per heavy atom. The van der Waals surface area contributed by atoms with E-state index in [0.717, 1.165) is 17.0 Å². The van der Waals surface area contributed by atoms with Gasteiger partial charge in [-0.05, 0) is 18.2 Å². The summed E-state index contributed by atoms with van der Waals surface area (Å²) in [6, 6.07) is 12.4. The Kier molecular flexibility index (Phi) is 3.38. The SMILES string of the molecule is O=c1cc(C(S)c2cccc(F)c2F)nc2c3ccccc3[nH]n12. The molecule has 0 amide bonds. The van der Waals surface area contributed by atoms with Crippen LogP contribution in [0.1, 0.15) is 16.5 Å². The Balaban J connectivity index is 1.95. The average molecular weight is 343 g/mol. The number of hydrogen-bond donors (Lipinski definition) is 2. The number of fused-ring (bicyclic) bond motifs is 3. The van der Waals surface area contributed by atoms with Gasteiger partial charge in [-0.3, -0.25) is 9.89 Å². The minimum Gasteiger partial charge on any atom is -0.289 e. The Morgan fingerprint density at radius 1 is 1.12 bits per heavy atom. The zero-order valence-corrected chi connectivity index (χ0v) is 13.1. The third-order valence-corrected chi connectivity index (χ3v) is 4.44. The minimum absolute atomic E-state index is 0.0365. The summed E-state index contributed by atoms with van der Waals surface area (Å²) in [5.74, 6) is -1.95. The van der Waals surface area contributed by atoms with Crippen molar-refractivity contribution in [2.75, 3.05) is 0 Å². The molecular weight excluding hydrogens is 332 g/mol. The van der Waals surface area contributed by atoms with E-state index in [2.05, 4.69) is 22.7 Å². The number of H-pyrrole nitrogens is 1. The van der Waals surface area contributed by atoms with Crippen LogP contribution in [0.5, 0.6) is 0 Å². The third kappa shape index (κ3) is 2.20. The van der Waals surface area contributed by atoms with Crippen molar-refractivity contribution < 1.29 is 8.78 Å². The smallest absolute Gasteiger partial charge is 0.272 e. The van der Waals surface area contributed by atoms with Crippen molar-refractivity contribution in [2.45, 2.75) is 5.25 Å². The number of thiol groups is 1. The van der Waals surface area contributed by atoms with Crippen LogP contribution in [0.25, 0.3) is 16.6 Å². The fraction of sp³-hybridized carbons (Fsp3) is 0.0588. The van der Waals surface area contributed by atoms with Crippen molar-refractivity contribution >= 4 is 29.2 Å². The molecule has 1 N–H and O–H groups in total. The lowest BCUT2D eigenvalue weighted by molar-refractivity contribution is 0.500. The first kappa shape index (κ1) is 14.9. The standard InChI is InChI=1S/C17H11F2N3OS/c18-11-6-3-5-10(15(11)19)16(24)13-8-14(23)22-17(20-13)9-4-1-2-7-12(9)21-22/h1-8,16,21,24H. The molecule has 2 aromatic heterocycles. The van der Waals surface area contributed by atoms with Crippen LogP contribution in [0.3, 0.4) is 0 Å². The van der Waals surface area contributed by atoms with E-state index < -0.39 is 16.9 Å². The van der Waals surface area contributed by atoms with Gasteiger partial charge in [0, 0.05) is 17.0 Å². The zero-order valence-electron chi connectivity index (χ0n) is 12.2. The molecule has 0 aliphatic carbocycles. The molecule has 4 nitrogen and oxygen atoms in total. The molecule has 0 bridgehead atoms. The second-order valence-electron chi connectivity index (χ2n) is 5.38. The predicted octanol–water partition coefficient (Wildman–Crippen LogP) is 3.47. The van der Waals surface area contributed by atoms with Gasteiger partial charge in [-0.15, -0.1) is 0 Å². The van der Waals surface area contributed by atoms with E-state index in [0.29, 0.717) is 5.65 Å². The maximum absolute atomic E-state index is 14.0. The van der Waals surface area contributed by atoms with Gasteiger partial charge in [-0.2, -0.15) is 12.6 Å². The molecule has 120 valence electrons. The summed E-state index contributed by atoms with van der Waals surface area (Å²) in [6.07, 6.45) is 0. The van der Waals surface area contributed by atoms with Crippen LogP contribution < -0.4 is 5.56 Å². The molecule has 0 aliphatic heterocycles. The van der Waals surface area contributed by atoms with Crippen LogP contribution in [0.2, 0.25) is 0 Å². The highest BCUT2D eigenvalue weighted by atomic mass is 32.1. The molecule has 7 heteroatoms. The number of aromatic amines is 1. The van der Waals surface area contributed by atoms with Crippen LogP contribution in [0, 0.1) is 11.6 Å². The van der Waals surface area contributed by atoms with Crippen molar-refractivity contribution in [3.63, 3.8) is 0 Å². The van der Waals surface area contributed by atoms with Gasteiger partial charge in [-0.25, -0.2) is 18.3 Å². The molecule has 4 aromatic rings. The Morgan fingerprint density at radius 2 is 1.92 bits per heavy atom. The molecular formula is C17H11F2N3OS. The Labute approximate surface area is 140 Å². The van der Waals surface area contributed by atoms with Crippen LogP contribution in [-0.2, 0) is 0 Å². The highest BCUT2D eigenvalue weighted by molar-refractivity contribution is 7.80. The number of nitrogens with zero attached hydrogens (tertiary/aromatic N) is 2. The van der Waals surface area contributed by atoms with Crippen molar-refractivity contribution in [1.82, 2.24) is 14.6 Å². The predicted molar refractivity (Wildman–Crippen MR) is 90.5 cm³/mol. The molecule has 0 aliphatic rings. The van der Waals surface area contributed by atoms with Crippen LogP contribution >= 0.6 is 12.6 Å². The van der Waals surface area contributed by atoms with E-state index in [1.54, 1.807) is 0 Å². The van der Waals surface area contributed by atoms with Gasteiger partial charge in [0.25, 0.3) is 5.56 Å². The van der Waals surface area contributed by atoms with E-state index >= 15 is 0 Å². The molecule has 24 heavy (non-hydrogen) atoms. The Bertz CT molecular complexity index is 1140. The molecule has 0 radical (unpaired) electrons. The van der Waals surface area contributed by atoms with E-state index in [1.165, 1.54) is 22.7 Å². The summed E-state index contributed by atoms with van der Waals surface area (Å²) in [6.45, 7) is 0. The van der Waals surface area contributed by atoms with E-state index in [-0.39, 0.29) is 16.8 Å². The van der Waals surface area contributed by atoms with Gasteiger partial charge in [0.15, 0.2) is 17.3 Å². The molecule has 0 saturated carbocycles. The van der Waals surface area contributed by atoms with E-state index in [9.17, 15) is 13.6 Å². The summed E-state index contributed by atoms with van der Waals surface area (Å²) >= 11 is 4.35. The quantitative estimate of drug-likeness (QED) is 0.548. The zero-order chi connectivity index (χ0) is 16.8. The minimum atomic E-state index is -0.988. The fourth-order valence-corrected chi connectivity index (χ4v) is 3.05. The van der Waals surface area contributed by atoms with Crippen molar-refractivity contribution in [1.29, 1.82) is 0 Å². The van der Waals surface area contributed by atoms with Gasteiger partial charge in [-0.1, -0.05) is 24.3 Å². The van der Waals surface area contributed by atoms with Crippen LogP contribution in [-0.4, -0.2) is 14.6 Å². The molecule has 4 rings (SSSR count). The topological polar surface area (TPSA) is 50.2 Å². The summed E-state index contributed by atoms with van der Waals surface area (Å²) < 4.78 is 28.8. The normalized spacial score (nSPS) is 12.8. The maximum Gasteiger partial charge on any atom is 0.272 e. The first-order valence-corrected chi connectivity index (χ1v) is 7.70. The number of aromatic nitrogens is 3. The van der Waals surface area contributed by atoms with E-state index in [1.807, 2.05) is 24.3 Å². The number of benzene rings is 2. The van der Waals surface area contributed by atoms with Crippen LogP contribution in [0.15, 0.2) is 53.3 Å². The summed E-state index contributed by atoms with van der Waals surface area (Å²) in [5.41, 5.74) is 1.13. The number of nitrogens with one attached hydrogen (secondary N) is 1. The first-order valence-electron chi connectivity index (χ1n) is 7.18. The largest absolute Gasteiger partial charge is 0.289 e. The molecule has 0 fully saturated rings. The molecule has 2 aromatic carbocycles. The maximum atomic E-state index is 14.0. The molecule has 2 heterocycles. The monoisotopic (exact) mass is 343 g/mol. The number of halogens is 2. The Hall–Kier alpha value is -2.67. The summed E-state index contributed by atoms with van der Waals surface area (Å²) in [4.78, 5) is 16.8. The lowest BCUT2D eigenvalue weighted by Crippen LogP contribution is -2.16. The third-order valence-electron chi connectivity index (χ3n) is 3.89. The molecule has 0 spiro atoms. The lowest BCUT2D eigenvalue weighted by atomic mass is 10.1. The van der Waals surface area contributed by atoms with Crippen molar-refractivity contribution in [3.8, 4) is 0 Å². The van der Waals surface area contributed by atoms with Crippen molar-refractivity contribution in [3.05, 3.63) is 81.8 Å². The highest BCUT2D eigenvalue weighted by Crippen LogP contribution is 2.30.